The summed E-state index contributed by atoms with van der Waals surface area (Å²) in [7, 11) is 1.81. The van der Waals surface area contributed by atoms with Gasteiger partial charge in [0, 0.05) is 35.8 Å². The molecule has 0 aliphatic carbocycles. The van der Waals surface area contributed by atoms with Gasteiger partial charge in [0.2, 0.25) is 0 Å². The molecule has 0 bridgehead atoms. The van der Waals surface area contributed by atoms with E-state index in [0.29, 0.717) is 10.9 Å². The van der Waals surface area contributed by atoms with Gasteiger partial charge in [-0.1, -0.05) is 24.3 Å². The van der Waals surface area contributed by atoms with E-state index in [0.717, 1.165) is 11.1 Å². The standard InChI is InChI=1S/C23H19F2N5O4/c1-29-10-15(9-26-29)13-2-5-16(6-3-13)23(20(32)27-22(33)28-23)12-30-11-14-4-7-17(34-21(24)25)8-18(14)19(30)31/h2-11,21,31H,12H2,1H3,(H2,27,28,32,33)/t23-/m0/s1. The van der Waals surface area contributed by atoms with Crippen LogP contribution in [0.1, 0.15) is 5.56 Å². The van der Waals surface area contributed by atoms with Crippen LogP contribution in [0.5, 0.6) is 11.6 Å². The summed E-state index contributed by atoms with van der Waals surface area (Å²) in [4.78, 5) is 25.1. The molecule has 1 aliphatic rings. The van der Waals surface area contributed by atoms with Crippen LogP contribution in [0.2, 0.25) is 0 Å². The van der Waals surface area contributed by atoms with E-state index in [1.54, 1.807) is 36.3 Å². The largest absolute Gasteiger partial charge is 0.494 e. The molecule has 4 aromatic rings. The normalized spacial score (nSPS) is 17.9. The van der Waals surface area contributed by atoms with Crippen LogP contribution in [0, 0.1) is 0 Å². The van der Waals surface area contributed by atoms with Gasteiger partial charge in [-0.15, -0.1) is 0 Å². The van der Waals surface area contributed by atoms with Crippen LogP contribution < -0.4 is 15.4 Å². The molecule has 0 spiro atoms. The zero-order valence-electron chi connectivity index (χ0n) is 17.8. The molecule has 34 heavy (non-hydrogen) atoms. The maximum atomic E-state index is 13.0. The summed E-state index contributed by atoms with van der Waals surface area (Å²) in [5.41, 5.74) is 0.763. The van der Waals surface area contributed by atoms with Crippen LogP contribution in [0.4, 0.5) is 13.6 Å². The zero-order chi connectivity index (χ0) is 24.0. The smallest absolute Gasteiger partial charge is 0.387 e. The number of carbonyl (C=O) groups is 2. The summed E-state index contributed by atoms with van der Waals surface area (Å²) in [6, 6.07) is 10.6. The third-order valence-corrected chi connectivity index (χ3v) is 5.82. The summed E-state index contributed by atoms with van der Waals surface area (Å²) < 4.78 is 32.6. The summed E-state index contributed by atoms with van der Waals surface area (Å²) >= 11 is 0. The monoisotopic (exact) mass is 467 g/mol. The van der Waals surface area contributed by atoms with E-state index in [9.17, 15) is 23.5 Å². The number of alkyl halides is 2. The Kier molecular flexibility index (Phi) is 4.96. The van der Waals surface area contributed by atoms with E-state index in [1.807, 2.05) is 18.3 Å². The van der Waals surface area contributed by atoms with Gasteiger partial charge in [-0.05, 0) is 29.3 Å². The van der Waals surface area contributed by atoms with Gasteiger partial charge in [-0.2, -0.15) is 13.9 Å². The number of carbonyl (C=O) groups excluding carboxylic acids is 2. The van der Waals surface area contributed by atoms with Crippen molar-refractivity contribution in [1.82, 2.24) is 25.0 Å². The molecule has 0 unspecified atom stereocenters. The van der Waals surface area contributed by atoms with Gasteiger partial charge < -0.3 is 19.7 Å². The average molecular weight is 467 g/mol. The van der Waals surface area contributed by atoms with E-state index in [2.05, 4.69) is 20.5 Å². The molecular formula is C23H19F2N5O4. The van der Waals surface area contributed by atoms with Crippen molar-refractivity contribution in [2.45, 2.75) is 18.7 Å². The second-order valence-electron chi connectivity index (χ2n) is 8.00. The third kappa shape index (κ3) is 3.60. The number of aromatic hydroxyl groups is 1. The first-order valence-corrected chi connectivity index (χ1v) is 10.2. The van der Waals surface area contributed by atoms with Crippen molar-refractivity contribution >= 4 is 22.7 Å². The van der Waals surface area contributed by atoms with Crippen molar-refractivity contribution < 1.29 is 28.2 Å². The highest BCUT2D eigenvalue weighted by atomic mass is 19.3. The van der Waals surface area contributed by atoms with Gasteiger partial charge in [0.15, 0.2) is 11.4 Å². The molecular weight excluding hydrogens is 448 g/mol. The molecule has 1 aliphatic heterocycles. The highest BCUT2D eigenvalue weighted by Crippen LogP contribution is 2.35. The van der Waals surface area contributed by atoms with Crippen LogP contribution >= 0.6 is 0 Å². The van der Waals surface area contributed by atoms with E-state index >= 15 is 0 Å². The van der Waals surface area contributed by atoms with E-state index in [4.69, 9.17) is 0 Å². The number of aromatic nitrogens is 3. The Labute approximate surface area is 191 Å². The Hall–Kier alpha value is -4.41. The number of aryl methyl sites for hydroxylation is 1. The summed E-state index contributed by atoms with van der Waals surface area (Å²) in [6.45, 7) is -3.14. The molecule has 3 amide bonds. The number of imide groups is 1. The number of hydrogen-bond donors (Lipinski definition) is 3. The van der Waals surface area contributed by atoms with Gasteiger partial charge in [0.05, 0.1) is 12.7 Å². The summed E-state index contributed by atoms with van der Waals surface area (Å²) in [5.74, 6) is -0.941. The minimum atomic E-state index is -3.00. The van der Waals surface area contributed by atoms with Crippen LogP contribution in [-0.4, -0.2) is 38.0 Å². The zero-order valence-corrected chi connectivity index (χ0v) is 17.8. The fraction of sp³-hybridized carbons (Fsp3) is 0.174. The van der Waals surface area contributed by atoms with Crippen molar-refractivity contribution in [3.05, 3.63) is 66.6 Å². The molecule has 3 heterocycles. The number of halogens is 2. The second kappa shape index (κ2) is 7.87. The van der Waals surface area contributed by atoms with Crippen molar-refractivity contribution in [3.8, 4) is 22.8 Å². The Morgan fingerprint density at radius 2 is 1.88 bits per heavy atom. The fourth-order valence-electron chi connectivity index (χ4n) is 4.19. The minimum Gasteiger partial charge on any atom is -0.494 e. The fourth-order valence-corrected chi connectivity index (χ4v) is 4.19. The molecule has 2 aromatic heterocycles. The Morgan fingerprint density at radius 1 is 1.12 bits per heavy atom. The van der Waals surface area contributed by atoms with Gasteiger partial charge in [-0.25, -0.2) is 4.79 Å². The number of nitrogens with one attached hydrogen (secondary N) is 2. The molecule has 2 aromatic carbocycles. The first-order valence-electron chi connectivity index (χ1n) is 10.2. The Balaban J connectivity index is 1.53. The van der Waals surface area contributed by atoms with Gasteiger partial charge in [-0.3, -0.25) is 14.8 Å². The van der Waals surface area contributed by atoms with Crippen LogP contribution in [-0.2, 0) is 23.9 Å². The number of hydrogen-bond acceptors (Lipinski definition) is 5. The second-order valence-corrected chi connectivity index (χ2v) is 8.00. The summed E-state index contributed by atoms with van der Waals surface area (Å²) in [5, 5.41) is 20.7. The maximum absolute atomic E-state index is 13.0. The number of nitrogens with zero attached hydrogens (tertiary/aromatic N) is 3. The van der Waals surface area contributed by atoms with Crippen LogP contribution in [0.25, 0.3) is 21.9 Å². The number of amides is 3. The lowest BCUT2D eigenvalue weighted by atomic mass is 9.88. The minimum absolute atomic E-state index is 0.108. The number of rotatable bonds is 6. The lowest BCUT2D eigenvalue weighted by Crippen LogP contribution is -2.47. The summed E-state index contributed by atoms with van der Waals surface area (Å²) in [6.07, 6.45) is 5.13. The van der Waals surface area contributed by atoms with Crippen LogP contribution in [0.3, 0.4) is 0 Å². The van der Waals surface area contributed by atoms with Crippen molar-refractivity contribution in [3.63, 3.8) is 0 Å². The average Bonchev–Trinajstić information content (AvgIpc) is 3.45. The molecule has 11 heteroatoms. The highest BCUT2D eigenvalue weighted by molar-refractivity contribution is 6.07. The topological polar surface area (TPSA) is 110 Å². The van der Waals surface area contributed by atoms with E-state index in [1.165, 1.54) is 22.8 Å². The van der Waals surface area contributed by atoms with Crippen molar-refractivity contribution in [1.29, 1.82) is 0 Å². The molecule has 3 N–H and O–H groups in total. The third-order valence-electron chi connectivity index (χ3n) is 5.82. The predicted octanol–water partition coefficient (Wildman–Crippen LogP) is 3.08. The molecule has 0 radical (unpaired) electrons. The molecule has 174 valence electrons. The number of ether oxygens (including phenoxy) is 1. The molecule has 1 fully saturated rings. The number of urea groups is 1. The molecule has 5 rings (SSSR count). The maximum Gasteiger partial charge on any atom is 0.387 e. The lowest BCUT2D eigenvalue weighted by Gasteiger charge is -2.27. The van der Waals surface area contributed by atoms with Gasteiger partial charge in [0.25, 0.3) is 5.91 Å². The Bertz CT molecular complexity index is 1410. The number of benzene rings is 2. The molecule has 9 nitrogen and oxygen atoms in total. The van der Waals surface area contributed by atoms with Gasteiger partial charge >= 0.3 is 12.6 Å². The first kappa shape index (κ1) is 21.4. The predicted molar refractivity (Wildman–Crippen MR) is 117 cm³/mol. The van der Waals surface area contributed by atoms with Crippen molar-refractivity contribution in [2.75, 3.05) is 0 Å². The molecule has 1 atom stereocenters. The first-order chi connectivity index (χ1) is 16.2. The Morgan fingerprint density at radius 3 is 2.50 bits per heavy atom. The van der Waals surface area contributed by atoms with Crippen LogP contribution in [0.15, 0.2) is 61.1 Å². The van der Waals surface area contributed by atoms with Gasteiger partial charge in [0.1, 0.15) is 5.75 Å². The molecule has 1 saturated heterocycles. The highest BCUT2D eigenvalue weighted by Gasteiger charge is 2.48. The SMILES string of the molecule is Cn1cc(-c2ccc([C@]3(Cn4cc5ccc(OC(F)F)cc5c4O)NC(=O)NC3=O)cc2)cn1. The van der Waals surface area contributed by atoms with E-state index in [-0.39, 0.29) is 23.6 Å². The van der Waals surface area contributed by atoms with E-state index < -0.39 is 24.1 Å². The quantitative estimate of drug-likeness (QED) is 0.378. The molecule has 0 saturated carbocycles. The lowest BCUT2D eigenvalue weighted by molar-refractivity contribution is -0.124. The van der Waals surface area contributed by atoms with Crippen molar-refractivity contribution in [2.24, 2.45) is 7.05 Å². The number of fused-ring (bicyclic) bond motifs is 1.